The maximum Gasteiger partial charge on any atom is 0.202 e. The Kier molecular flexibility index (Phi) is 24.0. The van der Waals surface area contributed by atoms with Gasteiger partial charge in [0.2, 0.25) is 5.16 Å². The van der Waals surface area contributed by atoms with Gasteiger partial charge in [-0.05, 0) is 20.6 Å². The molecule has 0 spiro atoms. The molecule has 0 amide bonds. The molecule has 0 saturated heterocycles. The van der Waals surface area contributed by atoms with E-state index < -0.39 is 0 Å². The monoisotopic (exact) mass is 246 g/mol. The van der Waals surface area contributed by atoms with Gasteiger partial charge in [0.1, 0.15) is 12.7 Å². The summed E-state index contributed by atoms with van der Waals surface area (Å²) in [5.74, 6) is 0. The van der Waals surface area contributed by atoms with Crippen LogP contribution in [-0.4, -0.2) is 104 Å². The quantitative estimate of drug-likeness (QED) is 0.462. The Morgan fingerprint density at radius 2 is 1.58 bits per heavy atom. The van der Waals surface area contributed by atoms with Crippen LogP contribution < -0.4 is 0 Å². The largest absolute Gasteiger partial charge is 0.225 e. The summed E-state index contributed by atoms with van der Waals surface area (Å²) in [6, 6.07) is 0. The fourth-order valence-electron chi connectivity index (χ4n) is 0.305. The van der Waals surface area contributed by atoms with Gasteiger partial charge in [-0.1, -0.05) is 11.7 Å². The molecule has 0 aliphatic rings. The molecule has 0 saturated carbocycles. The molecule has 0 aliphatic carbocycles. The minimum absolute atomic E-state index is 0. The van der Waals surface area contributed by atoms with Gasteiger partial charge in [0, 0.05) is 88.7 Å². The van der Waals surface area contributed by atoms with Crippen molar-refractivity contribution in [1.82, 2.24) is 15.0 Å². The molecule has 0 N–H and O–H groups in total. The van der Waals surface area contributed by atoms with Crippen molar-refractivity contribution in [1.29, 1.82) is 0 Å². The van der Waals surface area contributed by atoms with Crippen molar-refractivity contribution >= 4 is 121 Å². The molecule has 0 bridgehead atoms. The molecule has 1 aromatic rings. The van der Waals surface area contributed by atoms with Gasteiger partial charge in [0.05, 0.1) is 0 Å². The minimum Gasteiger partial charge on any atom is -0.225 e. The Bertz CT molecular complexity index is 177. The Morgan fingerprint density at radius 1 is 1.08 bits per heavy atom. The summed E-state index contributed by atoms with van der Waals surface area (Å²) in [4.78, 5) is 11.3. The van der Waals surface area contributed by atoms with E-state index in [1.807, 2.05) is 0 Å². The molecule has 0 aromatic carbocycles. The predicted molar refractivity (Wildman–Crippen MR) is 59.5 cm³/mol. The number of hydrogen-bond acceptors (Lipinski definition) is 6. The summed E-state index contributed by atoms with van der Waals surface area (Å²) >= 11 is 3.91. The summed E-state index contributed by atoms with van der Waals surface area (Å²) in [6.07, 6.45) is 2.92. The first kappa shape index (κ1) is 20.5. The van der Waals surface area contributed by atoms with Crippen LogP contribution >= 0.6 is 32.3 Å². The van der Waals surface area contributed by atoms with Crippen LogP contribution in [0.4, 0.5) is 0 Å². The maximum absolute atomic E-state index is 3.91. The van der Waals surface area contributed by atoms with Crippen LogP contribution in [0.15, 0.2) is 17.8 Å². The van der Waals surface area contributed by atoms with Crippen LogP contribution in [0.3, 0.4) is 0 Å². The second-order valence-corrected chi connectivity index (χ2v) is 4.05. The van der Waals surface area contributed by atoms with E-state index in [0.717, 1.165) is 0 Å². The molecule has 9 heteroatoms. The predicted octanol–water partition coefficient (Wildman–Crippen LogP) is 0.314. The molecule has 0 atom stereocenters. The summed E-state index contributed by atoms with van der Waals surface area (Å²) in [7, 11) is 2.71. The molecule has 3 nitrogen and oxygen atoms in total. The maximum atomic E-state index is 3.91. The second kappa shape index (κ2) is 14.1. The van der Waals surface area contributed by atoms with E-state index in [1.54, 1.807) is 0 Å². The van der Waals surface area contributed by atoms with Crippen LogP contribution in [0, 0.1) is 0 Å². The Morgan fingerprint density at radius 3 is 2.00 bits per heavy atom. The molecule has 12 heavy (non-hydrogen) atoms. The number of nitrogens with zero attached hydrogens (tertiary/aromatic N) is 3. The van der Waals surface area contributed by atoms with Crippen molar-refractivity contribution in [3.8, 4) is 0 Å². The Hall–Kier alpha value is 3.06. The van der Waals surface area contributed by atoms with Gasteiger partial charge in [-0.25, -0.2) is 15.0 Å². The van der Waals surface area contributed by atoms with Gasteiger partial charge in [-0.2, -0.15) is 0 Å². The van der Waals surface area contributed by atoms with Crippen molar-refractivity contribution in [3.05, 3.63) is 12.7 Å². The first-order chi connectivity index (χ1) is 4.43. The first-order valence-electron chi connectivity index (χ1n) is 2.03. The molecular weight excluding hydrogens is 243 g/mol. The number of rotatable bonds is 2. The van der Waals surface area contributed by atoms with E-state index >= 15 is 0 Å². The number of aromatic nitrogens is 3. The minimum atomic E-state index is 0. The van der Waals surface area contributed by atoms with Gasteiger partial charge in [0.25, 0.3) is 0 Å². The molecule has 1 rings (SSSR count). The zero-order valence-electron chi connectivity index (χ0n) is 7.26. The van der Waals surface area contributed by atoms with Crippen molar-refractivity contribution < 1.29 is 0 Å². The molecule has 1 aromatic heterocycles. The smallest absolute Gasteiger partial charge is 0.202 e. The van der Waals surface area contributed by atoms with Gasteiger partial charge in [-0.15, -0.1) is 0 Å². The Labute approximate surface area is 151 Å². The Balaban J connectivity index is -0.000000270. The van der Waals surface area contributed by atoms with Crippen molar-refractivity contribution in [2.75, 3.05) is 0 Å². The van der Waals surface area contributed by atoms with Crippen LogP contribution in [-0.2, 0) is 0 Å². The third kappa shape index (κ3) is 9.61. The molecule has 51 valence electrons. The summed E-state index contributed by atoms with van der Waals surface area (Å²) in [5, 5.41) is 0.685. The topological polar surface area (TPSA) is 38.7 Å². The van der Waals surface area contributed by atoms with Crippen LogP contribution in [0.2, 0.25) is 0 Å². The van der Waals surface area contributed by atoms with Crippen LogP contribution in [0.5, 0.6) is 0 Å². The number of thiol groups is 1. The van der Waals surface area contributed by atoms with Gasteiger partial charge < -0.3 is 0 Å². The van der Waals surface area contributed by atoms with E-state index in [4.69, 9.17) is 0 Å². The van der Waals surface area contributed by atoms with Gasteiger partial charge in [-0.3, -0.25) is 0 Å². The second-order valence-electron chi connectivity index (χ2n) is 1.08. The average Bonchev–Trinajstić information content (AvgIpc) is 1.91. The molecule has 3 radical (unpaired) electrons. The fourth-order valence-corrected chi connectivity index (χ4v) is 1.61. The van der Waals surface area contributed by atoms with E-state index in [-0.39, 0.29) is 88.7 Å². The fraction of sp³-hybridized carbons (Fsp3) is 0. The molecule has 0 unspecified atom stereocenters. The summed E-state index contributed by atoms with van der Waals surface area (Å²) in [6.45, 7) is 0. The molecule has 0 fully saturated rings. The first-order valence-corrected chi connectivity index (χ1v) is 5.24. The van der Waals surface area contributed by atoms with Crippen molar-refractivity contribution in [2.24, 2.45) is 0 Å². The van der Waals surface area contributed by atoms with Gasteiger partial charge >= 0.3 is 0 Å². The zero-order valence-corrected chi connectivity index (χ0v) is 15.8. The van der Waals surface area contributed by atoms with E-state index in [0.29, 0.717) is 5.16 Å². The molecular formula is C3H3N3Na3S3. The normalized spacial score (nSPS) is 7.08. The van der Waals surface area contributed by atoms with E-state index in [1.165, 1.54) is 33.3 Å². The van der Waals surface area contributed by atoms with Crippen LogP contribution in [0.1, 0.15) is 0 Å². The molecule has 1 heterocycles. The average molecular weight is 246 g/mol. The van der Waals surface area contributed by atoms with E-state index in [2.05, 4.69) is 26.6 Å². The SMILES string of the molecule is SSSc1ncncn1.[Na].[Na].[Na]. The van der Waals surface area contributed by atoms with Crippen molar-refractivity contribution in [2.45, 2.75) is 5.16 Å². The standard InChI is InChI=1S/C3H3N3S3.3Na/c7-9-8-3-5-1-4-2-6-3;;;/h1-2,7H;;;. The zero-order chi connectivity index (χ0) is 6.53. The summed E-state index contributed by atoms with van der Waals surface area (Å²) in [5.41, 5.74) is 0. The third-order valence-corrected chi connectivity index (χ3v) is 2.36. The van der Waals surface area contributed by atoms with Crippen LogP contribution in [0.25, 0.3) is 0 Å². The van der Waals surface area contributed by atoms with E-state index in [9.17, 15) is 0 Å². The third-order valence-electron chi connectivity index (χ3n) is 0.581. The van der Waals surface area contributed by atoms with Gasteiger partial charge in [0.15, 0.2) is 0 Å². The summed E-state index contributed by atoms with van der Waals surface area (Å²) < 4.78 is 0. The van der Waals surface area contributed by atoms with Crippen molar-refractivity contribution in [3.63, 3.8) is 0 Å². The number of hydrogen-bond donors (Lipinski definition) is 1. The molecule has 0 aliphatic heterocycles.